The van der Waals surface area contributed by atoms with Crippen LogP contribution in [0.5, 0.6) is 0 Å². The molecule has 1 saturated carbocycles. The highest BCUT2D eigenvalue weighted by atomic mass is 35.5. The maximum atomic E-state index is 12.8. The van der Waals surface area contributed by atoms with E-state index in [1.165, 1.54) is 0 Å². The van der Waals surface area contributed by atoms with Crippen LogP contribution in [0.15, 0.2) is 28.7 Å². The second-order valence-electron chi connectivity index (χ2n) is 6.58. The number of fused-ring (bicyclic) bond motifs is 1. The minimum absolute atomic E-state index is 0. The third-order valence-corrected chi connectivity index (χ3v) is 5.15. The van der Waals surface area contributed by atoms with Gasteiger partial charge in [-0.05, 0) is 31.4 Å². The average molecular weight is 351 g/mol. The van der Waals surface area contributed by atoms with Gasteiger partial charge in [0.2, 0.25) is 5.91 Å². The largest absolute Gasteiger partial charge is 0.461 e. The van der Waals surface area contributed by atoms with E-state index in [-0.39, 0.29) is 24.2 Å². The van der Waals surface area contributed by atoms with Crippen LogP contribution in [-0.4, -0.2) is 24.4 Å². The molecule has 4 nitrogen and oxygen atoms in total. The van der Waals surface area contributed by atoms with Crippen molar-refractivity contribution in [3.05, 3.63) is 35.6 Å². The van der Waals surface area contributed by atoms with Crippen molar-refractivity contribution in [3.8, 4) is 0 Å². The fraction of sp³-hybridized carbons (Fsp3) is 0.526. The molecule has 3 rings (SSSR count). The molecule has 0 aliphatic heterocycles. The summed E-state index contributed by atoms with van der Waals surface area (Å²) in [6, 6.07) is 8.06. The fourth-order valence-electron chi connectivity index (χ4n) is 3.85. The van der Waals surface area contributed by atoms with Gasteiger partial charge in [-0.25, -0.2) is 0 Å². The van der Waals surface area contributed by atoms with E-state index in [1.54, 1.807) is 0 Å². The lowest BCUT2D eigenvalue weighted by Gasteiger charge is -2.24. The molecule has 0 bridgehead atoms. The number of hydrogen-bond donors (Lipinski definition) is 1. The monoisotopic (exact) mass is 350 g/mol. The minimum Gasteiger partial charge on any atom is -0.461 e. The van der Waals surface area contributed by atoms with Crippen LogP contribution >= 0.6 is 12.4 Å². The molecule has 1 aliphatic rings. The highest BCUT2D eigenvalue weighted by Gasteiger charge is 2.34. The van der Waals surface area contributed by atoms with Gasteiger partial charge in [0.1, 0.15) is 11.3 Å². The number of rotatable bonds is 5. The lowest BCUT2D eigenvalue weighted by molar-refractivity contribution is -0.135. The van der Waals surface area contributed by atoms with E-state index < -0.39 is 0 Å². The summed E-state index contributed by atoms with van der Waals surface area (Å²) < 4.78 is 5.94. The molecule has 2 N–H and O–H groups in total. The van der Waals surface area contributed by atoms with Crippen molar-refractivity contribution >= 4 is 29.3 Å². The molecule has 0 radical (unpaired) electrons. The van der Waals surface area contributed by atoms with E-state index in [0.29, 0.717) is 19.0 Å². The number of amides is 1. The Morgan fingerprint density at radius 1 is 1.33 bits per heavy atom. The predicted octanol–water partition coefficient (Wildman–Crippen LogP) is 3.75. The molecule has 0 saturated heterocycles. The number of nitrogens with two attached hydrogens (primary N) is 1. The molecule has 2 aromatic rings. The molecule has 1 aromatic heterocycles. The summed E-state index contributed by atoms with van der Waals surface area (Å²) in [4.78, 5) is 14.7. The van der Waals surface area contributed by atoms with Crippen molar-refractivity contribution < 1.29 is 9.21 Å². The zero-order valence-corrected chi connectivity index (χ0v) is 15.3. The van der Waals surface area contributed by atoms with E-state index in [1.807, 2.05) is 30.1 Å². The van der Waals surface area contributed by atoms with Gasteiger partial charge in [0.05, 0.1) is 0 Å². The SMILES string of the molecule is CCc1oc2ccccc2c1CN(C)C(=O)[C@@H]1CCC[C@@H]1CN.Cl. The Hall–Kier alpha value is -1.52. The summed E-state index contributed by atoms with van der Waals surface area (Å²) in [5.41, 5.74) is 7.88. The number of nitrogens with zero attached hydrogens (tertiary/aromatic N) is 1. The van der Waals surface area contributed by atoms with Crippen LogP contribution in [0.1, 0.15) is 37.5 Å². The van der Waals surface area contributed by atoms with E-state index in [9.17, 15) is 4.79 Å². The van der Waals surface area contributed by atoms with Crippen molar-refractivity contribution in [2.45, 2.75) is 39.2 Å². The molecule has 1 aromatic carbocycles. The molecule has 5 heteroatoms. The maximum Gasteiger partial charge on any atom is 0.226 e. The van der Waals surface area contributed by atoms with Crippen LogP contribution in [0.4, 0.5) is 0 Å². The fourth-order valence-corrected chi connectivity index (χ4v) is 3.85. The first-order valence-corrected chi connectivity index (χ1v) is 8.60. The van der Waals surface area contributed by atoms with Gasteiger partial charge in [-0.1, -0.05) is 31.5 Å². The quantitative estimate of drug-likeness (QED) is 0.893. The highest BCUT2D eigenvalue weighted by molar-refractivity contribution is 5.85. The van der Waals surface area contributed by atoms with Crippen molar-refractivity contribution in [2.24, 2.45) is 17.6 Å². The van der Waals surface area contributed by atoms with E-state index in [4.69, 9.17) is 10.2 Å². The minimum atomic E-state index is 0. The van der Waals surface area contributed by atoms with Crippen molar-refractivity contribution in [1.29, 1.82) is 0 Å². The second-order valence-corrected chi connectivity index (χ2v) is 6.58. The number of halogens is 1. The van der Waals surface area contributed by atoms with Crippen molar-refractivity contribution in [1.82, 2.24) is 4.90 Å². The Labute approximate surface area is 149 Å². The van der Waals surface area contributed by atoms with Crippen LogP contribution < -0.4 is 5.73 Å². The van der Waals surface area contributed by atoms with Crippen LogP contribution in [0.3, 0.4) is 0 Å². The number of carbonyl (C=O) groups is 1. The number of aryl methyl sites for hydroxylation is 1. The predicted molar refractivity (Wildman–Crippen MR) is 99.2 cm³/mol. The first-order chi connectivity index (χ1) is 11.2. The summed E-state index contributed by atoms with van der Waals surface area (Å²) in [6.07, 6.45) is 4.00. The van der Waals surface area contributed by atoms with Gasteiger partial charge in [0.25, 0.3) is 0 Å². The lowest BCUT2D eigenvalue weighted by Crippen LogP contribution is -2.36. The van der Waals surface area contributed by atoms with Gasteiger partial charge in [-0.15, -0.1) is 12.4 Å². The maximum absolute atomic E-state index is 12.8. The summed E-state index contributed by atoms with van der Waals surface area (Å²) in [5, 5.41) is 1.12. The zero-order chi connectivity index (χ0) is 16.4. The second kappa shape index (κ2) is 8.04. The third kappa shape index (κ3) is 3.45. The topological polar surface area (TPSA) is 59.5 Å². The van der Waals surface area contributed by atoms with Gasteiger partial charge in [-0.3, -0.25) is 4.79 Å². The summed E-state index contributed by atoms with van der Waals surface area (Å²) in [7, 11) is 1.90. The van der Waals surface area contributed by atoms with Gasteiger partial charge in [-0.2, -0.15) is 0 Å². The number of benzene rings is 1. The van der Waals surface area contributed by atoms with Crippen LogP contribution in [0.2, 0.25) is 0 Å². The Bertz CT molecular complexity index is 698. The smallest absolute Gasteiger partial charge is 0.226 e. The molecule has 24 heavy (non-hydrogen) atoms. The molecule has 1 amide bonds. The van der Waals surface area contributed by atoms with Gasteiger partial charge in [0, 0.05) is 36.9 Å². The molecule has 1 fully saturated rings. The van der Waals surface area contributed by atoms with Crippen LogP contribution in [0.25, 0.3) is 11.0 Å². The van der Waals surface area contributed by atoms with Gasteiger partial charge < -0.3 is 15.1 Å². The number of hydrogen-bond acceptors (Lipinski definition) is 3. The van der Waals surface area contributed by atoms with E-state index >= 15 is 0 Å². The Kier molecular flexibility index (Phi) is 6.30. The third-order valence-electron chi connectivity index (χ3n) is 5.15. The van der Waals surface area contributed by atoms with Gasteiger partial charge >= 0.3 is 0 Å². The standard InChI is InChI=1S/C19H26N2O2.ClH/c1-3-17-16(15-8-4-5-10-18(15)23-17)12-21(2)19(22)14-9-6-7-13(14)11-20;/h4-5,8,10,13-14H,3,6-7,9,11-12,20H2,1-2H3;1H/t13-,14-;/m1./s1. The molecular weight excluding hydrogens is 324 g/mol. The first kappa shape index (κ1) is 18.8. The molecule has 1 aliphatic carbocycles. The highest BCUT2D eigenvalue weighted by Crippen LogP contribution is 2.33. The molecule has 0 unspecified atom stereocenters. The van der Waals surface area contributed by atoms with Gasteiger partial charge in [0.15, 0.2) is 0 Å². The summed E-state index contributed by atoms with van der Waals surface area (Å²) in [6.45, 7) is 3.30. The van der Waals surface area contributed by atoms with Crippen molar-refractivity contribution in [3.63, 3.8) is 0 Å². The van der Waals surface area contributed by atoms with Crippen molar-refractivity contribution in [2.75, 3.05) is 13.6 Å². The number of para-hydroxylation sites is 1. The average Bonchev–Trinajstić information content (AvgIpc) is 3.18. The zero-order valence-electron chi connectivity index (χ0n) is 14.5. The molecular formula is C19H27ClN2O2. The molecule has 132 valence electrons. The number of carbonyl (C=O) groups excluding carboxylic acids is 1. The normalized spacial score (nSPS) is 20.1. The molecule has 1 heterocycles. The molecule has 2 atom stereocenters. The number of furan rings is 1. The lowest BCUT2D eigenvalue weighted by atomic mass is 9.94. The van der Waals surface area contributed by atoms with Crippen LogP contribution in [0, 0.1) is 11.8 Å². The Morgan fingerprint density at radius 2 is 2.08 bits per heavy atom. The molecule has 0 spiro atoms. The van der Waals surface area contributed by atoms with E-state index in [2.05, 4.69) is 13.0 Å². The Morgan fingerprint density at radius 3 is 2.79 bits per heavy atom. The summed E-state index contributed by atoms with van der Waals surface area (Å²) >= 11 is 0. The van der Waals surface area contributed by atoms with Crippen LogP contribution in [-0.2, 0) is 17.8 Å². The first-order valence-electron chi connectivity index (χ1n) is 8.60. The van der Waals surface area contributed by atoms with E-state index in [0.717, 1.165) is 48.0 Å². The summed E-state index contributed by atoms with van der Waals surface area (Å²) in [5.74, 6) is 1.64. The Balaban J connectivity index is 0.00000208.